The maximum Gasteiger partial charge on any atom is 0.237 e. The average molecular weight is 295 g/mol. The number of carbonyl (C=O) groups excluding carboxylic acids is 1. The van der Waals surface area contributed by atoms with Crippen molar-refractivity contribution in [3.63, 3.8) is 0 Å². The first kappa shape index (κ1) is 15.3. The molecule has 0 spiro atoms. The molecule has 1 amide bonds. The van der Waals surface area contributed by atoms with Crippen LogP contribution in [0.1, 0.15) is 32.3 Å². The standard InChI is InChI=1S/C16H23ClN2O/c1-11-7-8-18-15(9-11)16(20)19-12(2)10-13-5-3-4-6-14(13)17/h3-6,11-12,15,18H,7-10H2,1-2H3,(H,19,20). The lowest BCUT2D eigenvalue weighted by molar-refractivity contribution is -0.124. The normalized spacial score (nSPS) is 24.1. The van der Waals surface area contributed by atoms with Crippen molar-refractivity contribution in [2.75, 3.05) is 6.54 Å². The first-order valence-corrected chi connectivity index (χ1v) is 7.71. The van der Waals surface area contributed by atoms with Gasteiger partial charge in [0.15, 0.2) is 0 Å². The van der Waals surface area contributed by atoms with Crippen molar-refractivity contribution in [1.29, 1.82) is 0 Å². The van der Waals surface area contributed by atoms with Gasteiger partial charge in [-0.15, -0.1) is 0 Å². The van der Waals surface area contributed by atoms with Crippen LogP contribution in [0, 0.1) is 5.92 Å². The fraction of sp³-hybridized carbons (Fsp3) is 0.562. The monoisotopic (exact) mass is 294 g/mol. The highest BCUT2D eigenvalue weighted by molar-refractivity contribution is 6.31. The van der Waals surface area contributed by atoms with Crippen LogP contribution >= 0.6 is 11.6 Å². The molecule has 0 radical (unpaired) electrons. The average Bonchev–Trinajstić information content (AvgIpc) is 2.41. The number of piperidine rings is 1. The smallest absolute Gasteiger partial charge is 0.237 e. The lowest BCUT2D eigenvalue weighted by Crippen LogP contribution is -2.50. The van der Waals surface area contributed by atoms with Crippen molar-refractivity contribution in [2.24, 2.45) is 5.92 Å². The summed E-state index contributed by atoms with van der Waals surface area (Å²) in [5.41, 5.74) is 1.08. The lowest BCUT2D eigenvalue weighted by Gasteiger charge is -2.28. The fourth-order valence-electron chi connectivity index (χ4n) is 2.70. The topological polar surface area (TPSA) is 41.1 Å². The maximum absolute atomic E-state index is 12.2. The SMILES string of the molecule is CC1CCNC(C(=O)NC(C)Cc2ccccc2Cl)C1. The van der Waals surface area contributed by atoms with Gasteiger partial charge in [0.25, 0.3) is 0 Å². The van der Waals surface area contributed by atoms with Crippen LogP contribution in [0.2, 0.25) is 5.02 Å². The van der Waals surface area contributed by atoms with Gasteiger partial charge < -0.3 is 10.6 Å². The third-order valence-corrected chi connectivity index (χ3v) is 4.22. The highest BCUT2D eigenvalue weighted by atomic mass is 35.5. The number of halogens is 1. The summed E-state index contributed by atoms with van der Waals surface area (Å²) in [7, 11) is 0. The molecular formula is C16H23ClN2O. The van der Waals surface area contributed by atoms with E-state index < -0.39 is 0 Å². The van der Waals surface area contributed by atoms with E-state index >= 15 is 0 Å². The van der Waals surface area contributed by atoms with E-state index in [1.807, 2.05) is 31.2 Å². The predicted octanol–water partition coefficient (Wildman–Crippen LogP) is 2.78. The van der Waals surface area contributed by atoms with Crippen LogP contribution in [0.5, 0.6) is 0 Å². The molecule has 0 aliphatic carbocycles. The highest BCUT2D eigenvalue weighted by Crippen LogP contribution is 2.17. The molecule has 0 saturated carbocycles. The third kappa shape index (κ3) is 4.22. The molecule has 2 N–H and O–H groups in total. The number of amides is 1. The Morgan fingerprint density at radius 2 is 2.25 bits per heavy atom. The van der Waals surface area contributed by atoms with E-state index in [2.05, 4.69) is 17.6 Å². The van der Waals surface area contributed by atoms with Crippen molar-refractivity contribution in [2.45, 2.75) is 45.2 Å². The molecule has 1 aromatic carbocycles. The summed E-state index contributed by atoms with van der Waals surface area (Å²) in [6, 6.07) is 7.82. The zero-order chi connectivity index (χ0) is 14.5. The van der Waals surface area contributed by atoms with E-state index in [-0.39, 0.29) is 18.0 Å². The van der Waals surface area contributed by atoms with Crippen LogP contribution in [-0.4, -0.2) is 24.5 Å². The van der Waals surface area contributed by atoms with E-state index in [4.69, 9.17) is 11.6 Å². The zero-order valence-corrected chi connectivity index (χ0v) is 12.9. The summed E-state index contributed by atoms with van der Waals surface area (Å²) in [5, 5.41) is 7.14. The summed E-state index contributed by atoms with van der Waals surface area (Å²) < 4.78 is 0. The van der Waals surface area contributed by atoms with Crippen LogP contribution < -0.4 is 10.6 Å². The second-order valence-electron chi connectivity index (χ2n) is 5.84. The van der Waals surface area contributed by atoms with Crippen LogP contribution in [-0.2, 0) is 11.2 Å². The predicted molar refractivity (Wildman–Crippen MR) is 82.9 cm³/mol. The van der Waals surface area contributed by atoms with Gasteiger partial charge in [-0.3, -0.25) is 4.79 Å². The number of hydrogen-bond donors (Lipinski definition) is 2. The molecule has 4 heteroatoms. The first-order chi connectivity index (χ1) is 9.56. The van der Waals surface area contributed by atoms with E-state index in [9.17, 15) is 4.79 Å². The van der Waals surface area contributed by atoms with Gasteiger partial charge in [-0.25, -0.2) is 0 Å². The Balaban J connectivity index is 1.86. The van der Waals surface area contributed by atoms with Gasteiger partial charge in [0.2, 0.25) is 5.91 Å². The van der Waals surface area contributed by atoms with Gasteiger partial charge in [-0.2, -0.15) is 0 Å². The zero-order valence-electron chi connectivity index (χ0n) is 12.2. The number of benzene rings is 1. The quantitative estimate of drug-likeness (QED) is 0.896. The molecule has 3 nitrogen and oxygen atoms in total. The number of nitrogens with one attached hydrogen (secondary N) is 2. The molecule has 1 aliphatic heterocycles. The molecule has 0 aromatic heterocycles. The summed E-state index contributed by atoms with van der Waals surface area (Å²) >= 11 is 6.15. The maximum atomic E-state index is 12.2. The largest absolute Gasteiger partial charge is 0.352 e. The van der Waals surface area contributed by atoms with E-state index in [0.29, 0.717) is 5.92 Å². The molecule has 2 rings (SSSR count). The number of hydrogen-bond acceptors (Lipinski definition) is 2. The van der Waals surface area contributed by atoms with Gasteiger partial charge in [0, 0.05) is 11.1 Å². The van der Waals surface area contributed by atoms with Crippen LogP contribution in [0.15, 0.2) is 24.3 Å². The Morgan fingerprint density at radius 3 is 2.95 bits per heavy atom. The van der Waals surface area contributed by atoms with Crippen molar-refractivity contribution >= 4 is 17.5 Å². The van der Waals surface area contributed by atoms with E-state index in [0.717, 1.165) is 36.4 Å². The molecule has 0 bridgehead atoms. The summed E-state index contributed by atoms with van der Waals surface area (Å²) in [5.74, 6) is 0.724. The fourth-order valence-corrected chi connectivity index (χ4v) is 2.91. The Morgan fingerprint density at radius 1 is 1.50 bits per heavy atom. The van der Waals surface area contributed by atoms with Crippen molar-refractivity contribution in [3.8, 4) is 0 Å². The summed E-state index contributed by atoms with van der Waals surface area (Å²) in [4.78, 5) is 12.2. The Bertz CT molecular complexity index is 464. The second kappa shape index (κ2) is 7.09. The Labute approximate surface area is 126 Å². The van der Waals surface area contributed by atoms with Gasteiger partial charge in [-0.05, 0) is 50.3 Å². The Hall–Kier alpha value is -1.06. The van der Waals surface area contributed by atoms with Gasteiger partial charge in [0.1, 0.15) is 0 Å². The number of carbonyl (C=O) groups is 1. The van der Waals surface area contributed by atoms with E-state index in [1.165, 1.54) is 0 Å². The summed E-state index contributed by atoms with van der Waals surface area (Å²) in [6.45, 7) is 5.15. The van der Waals surface area contributed by atoms with E-state index in [1.54, 1.807) is 0 Å². The highest BCUT2D eigenvalue weighted by Gasteiger charge is 2.25. The van der Waals surface area contributed by atoms with Gasteiger partial charge in [0.05, 0.1) is 6.04 Å². The molecule has 3 unspecified atom stereocenters. The van der Waals surface area contributed by atoms with Gasteiger partial charge in [-0.1, -0.05) is 36.7 Å². The van der Waals surface area contributed by atoms with Gasteiger partial charge >= 0.3 is 0 Å². The minimum absolute atomic E-state index is 0.0487. The second-order valence-corrected chi connectivity index (χ2v) is 6.25. The number of rotatable bonds is 4. The molecular weight excluding hydrogens is 272 g/mol. The van der Waals surface area contributed by atoms with Crippen molar-refractivity contribution in [1.82, 2.24) is 10.6 Å². The summed E-state index contributed by atoms with van der Waals surface area (Å²) in [6.07, 6.45) is 2.83. The molecule has 1 heterocycles. The lowest BCUT2D eigenvalue weighted by atomic mass is 9.93. The Kier molecular flexibility index (Phi) is 5.44. The third-order valence-electron chi connectivity index (χ3n) is 3.86. The molecule has 1 fully saturated rings. The first-order valence-electron chi connectivity index (χ1n) is 7.33. The molecule has 1 aliphatic rings. The van der Waals surface area contributed by atoms with Crippen molar-refractivity contribution in [3.05, 3.63) is 34.9 Å². The molecule has 1 saturated heterocycles. The van der Waals surface area contributed by atoms with Crippen LogP contribution in [0.4, 0.5) is 0 Å². The molecule has 1 aromatic rings. The van der Waals surface area contributed by atoms with Crippen molar-refractivity contribution < 1.29 is 4.79 Å². The minimum atomic E-state index is -0.0487. The molecule has 110 valence electrons. The van der Waals surface area contributed by atoms with Crippen LogP contribution in [0.25, 0.3) is 0 Å². The molecule has 3 atom stereocenters. The van der Waals surface area contributed by atoms with Crippen LogP contribution in [0.3, 0.4) is 0 Å². The minimum Gasteiger partial charge on any atom is -0.352 e. The molecule has 20 heavy (non-hydrogen) atoms.